The Morgan fingerprint density at radius 3 is 2.70 bits per heavy atom. The summed E-state index contributed by atoms with van der Waals surface area (Å²) >= 11 is 0. The average Bonchev–Trinajstić information content (AvgIpc) is 3.10. The van der Waals surface area contributed by atoms with Gasteiger partial charge >= 0.3 is 0 Å². The van der Waals surface area contributed by atoms with E-state index in [0.29, 0.717) is 5.92 Å². The molecule has 2 aromatic carbocycles. The molecule has 4 nitrogen and oxygen atoms in total. The first-order valence-corrected chi connectivity index (χ1v) is 9.65. The second-order valence-corrected chi connectivity index (χ2v) is 7.60. The first-order chi connectivity index (χ1) is 13.1. The van der Waals surface area contributed by atoms with Gasteiger partial charge in [-0.15, -0.1) is 0 Å². The summed E-state index contributed by atoms with van der Waals surface area (Å²) in [4.78, 5) is 18.1. The van der Waals surface area contributed by atoms with Crippen molar-refractivity contribution in [3.8, 4) is 5.75 Å². The highest BCUT2D eigenvalue weighted by Gasteiger charge is 2.26. The standard InChI is InChI=1S/C23H26N2O2/c1-16-5-8-20(9-6-16)27-15-23(26)25-11-3-4-18(14-25)22-13-19-12-17(2)7-10-21(19)24-22/h5-10,12-13,18,24H,3-4,11,14-15H2,1-2H3. The quantitative estimate of drug-likeness (QED) is 0.739. The molecule has 2 heterocycles. The molecule has 1 amide bonds. The van der Waals surface area contributed by atoms with Crippen molar-refractivity contribution < 1.29 is 9.53 Å². The van der Waals surface area contributed by atoms with Crippen LogP contribution in [0.25, 0.3) is 10.9 Å². The van der Waals surface area contributed by atoms with E-state index < -0.39 is 0 Å². The van der Waals surface area contributed by atoms with Crippen molar-refractivity contribution in [2.24, 2.45) is 0 Å². The van der Waals surface area contributed by atoms with Crippen LogP contribution in [-0.2, 0) is 4.79 Å². The predicted molar refractivity (Wildman–Crippen MR) is 108 cm³/mol. The summed E-state index contributed by atoms with van der Waals surface area (Å²) in [6.45, 7) is 5.81. The van der Waals surface area contributed by atoms with Crippen molar-refractivity contribution in [1.82, 2.24) is 9.88 Å². The molecule has 27 heavy (non-hydrogen) atoms. The summed E-state index contributed by atoms with van der Waals surface area (Å²) < 4.78 is 5.68. The zero-order chi connectivity index (χ0) is 18.8. The van der Waals surface area contributed by atoms with Gasteiger partial charge in [-0.3, -0.25) is 4.79 Å². The molecule has 1 aliphatic rings. The van der Waals surface area contributed by atoms with Gasteiger partial charge < -0.3 is 14.6 Å². The van der Waals surface area contributed by atoms with E-state index in [1.165, 1.54) is 27.7 Å². The number of aromatic nitrogens is 1. The molecule has 1 N–H and O–H groups in total. The Kier molecular flexibility index (Phi) is 4.88. The number of nitrogens with zero attached hydrogens (tertiary/aromatic N) is 1. The van der Waals surface area contributed by atoms with E-state index in [-0.39, 0.29) is 12.5 Å². The number of carbonyl (C=O) groups excluding carboxylic acids is 1. The van der Waals surface area contributed by atoms with Crippen molar-refractivity contribution in [2.75, 3.05) is 19.7 Å². The lowest BCUT2D eigenvalue weighted by Gasteiger charge is -2.32. The van der Waals surface area contributed by atoms with E-state index in [0.717, 1.165) is 31.7 Å². The number of nitrogens with one attached hydrogen (secondary N) is 1. The number of benzene rings is 2. The minimum Gasteiger partial charge on any atom is -0.484 e. The molecule has 0 radical (unpaired) electrons. The van der Waals surface area contributed by atoms with E-state index in [9.17, 15) is 4.79 Å². The molecule has 1 atom stereocenters. The topological polar surface area (TPSA) is 45.3 Å². The van der Waals surface area contributed by atoms with Gasteiger partial charge in [-0.05, 0) is 62.4 Å². The number of H-pyrrole nitrogens is 1. The number of likely N-dealkylation sites (tertiary alicyclic amines) is 1. The van der Waals surface area contributed by atoms with Crippen LogP contribution in [0.15, 0.2) is 48.5 Å². The minimum atomic E-state index is 0.0623. The number of amides is 1. The Labute approximate surface area is 160 Å². The van der Waals surface area contributed by atoms with Crippen molar-refractivity contribution in [3.63, 3.8) is 0 Å². The number of hydrogen-bond donors (Lipinski definition) is 1. The number of ether oxygens (including phenoxy) is 1. The summed E-state index contributed by atoms with van der Waals surface area (Å²) in [5, 5.41) is 1.25. The van der Waals surface area contributed by atoms with Gasteiger partial charge in [-0.2, -0.15) is 0 Å². The fourth-order valence-corrected chi connectivity index (χ4v) is 3.82. The maximum absolute atomic E-state index is 12.6. The summed E-state index contributed by atoms with van der Waals surface area (Å²) in [5.41, 5.74) is 4.84. The largest absolute Gasteiger partial charge is 0.484 e. The number of aromatic amines is 1. The highest BCUT2D eigenvalue weighted by molar-refractivity contribution is 5.81. The Bertz CT molecular complexity index is 943. The van der Waals surface area contributed by atoms with Gasteiger partial charge in [0.05, 0.1) is 0 Å². The highest BCUT2D eigenvalue weighted by Crippen LogP contribution is 2.29. The van der Waals surface area contributed by atoms with Crippen LogP contribution in [-0.4, -0.2) is 35.5 Å². The summed E-state index contributed by atoms with van der Waals surface area (Å²) in [6, 6.07) is 16.5. The number of carbonyl (C=O) groups is 1. The first-order valence-electron chi connectivity index (χ1n) is 9.65. The number of fused-ring (bicyclic) bond motifs is 1. The Balaban J connectivity index is 1.40. The van der Waals surface area contributed by atoms with E-state index >= 15 is 0 Å². The average molecular weight is 362 g/mol. The van der Waals surface area contributed by atoms with Gasteiger partial charge in [-0.1, -0.05) is 29.3 Å². The fraction of sp³-hybridized carbons (Fsp3) is 0.348. The van der Waals surface area contributed by atoms with Crippen LogP contribution >= 0.6 is 0 Å². The lowest BCUT2D eigenvalue weighted by atomic mass is 9.94. The number of rotatable bonds is 4. The third-order valence-electron chi connectivity index (χ3n) is 5.39. The van der Waals surface area contributed by atoms with Crippen LogP contribution in [0, 0.1) is 13.8 Å². The van der Waals surface area contributed by atoms with Crippen LogP contribution in [0.2, 0.25) is 0 Å². The van der Waals surface area contributed by atoms with E-state index in [4.69, 9.17) is 4.74 Å². The maximum atomic E-state index is 12.6. The van der Waals surface area contributed by atoms with Crippen LogP contribution in [0.4, 0.5) is 0 Å². The monoisotopic (exact) mass is 362 g/mol. The van der Waals surface area contributed by atoms with Gasteiger partial charge in [0.15, 0.2) is 6.61 Å². The molecule has 0 spiro atoms. The van der Waals surface area contributed by atoms with Crippen LogP contribution in [0.1, 0.15) is 35.6 Å². The van der Waals surface area contributed by atoms with Crippen molar-refractivity contribution in [3.05, 3.63) is 65.4 Å². The molecule has 3 aromatic rings. The van der Waals surface area contributed by atoms with E-state index in [1.807, 2.05) is 36.1 Å². The van der Waals surface area contributed by atoms with Gasteiger partial charge in [-0.25, -0.2) is 0 Å². The summed E-state index contributed by atoms with van der Waals surface area (Å²) in [5.74, 6) is 1.16. The van der Waals surface area contributed by atoms with Gasteiger partial charge in [0.2, 0.25) is 0 Å². The summed E-state index contributed by atoms with van der Waals surface area (Å²) in [7, 11) is 0. The van der Waals surface area contributed by atoms with Crippen LogP contribution < -0.4 is 4.74 Å². The number of piperidine rings is 1. The molecule has 0 aliphatic carbocycles. The Morgan fingerprint density at radius 1 is 1.11 bits per heavy atom. The molecule has 1 aromatic heterocycles. The van der Waals surface area contributed by atoms with E-state index in [2.05, 4.69) is 36.2 Å². The van der Waals surface area contributed by atoms with Gasteiger partial charge in [0.25, 0.3) is 5.91 Å². The molecule has 1 saturated heterocycles. The van der Waals surface area contributed by atoms with Gasteiger partial charge in [0, 0.05) is 30.2 Å². The fourth-order valence-electron chi connectivity index (χ4n) is 3.82. The Hall–Kier alpha value is -2.75. The SMILES string of the molecule is Cc1ccc(OCC(=O)N2CCCC(c3cc4cc(C)ccc4[nH]3)C2)cc1. The molecule has 1 unspecified atom stereocenters. The molecule has 0 bridgehead atoms. The zero-order valence-corrected chi connectivity index (χ0v) is 16.0. The second-order valence-electron chi connectivity index (χ2n) is 7.60. The lowest BCUT2D eigenvalue weighted by Crippen LogP contribution is -2.41. The molecule has 4 heteroatoms. The third-order valence-corrected chi connectivity index (χ3v) is 5.39. The molecule has 4 rings (SSSR count). The Morgan fingerprint density at radius 2 is 1.89 bits per heavy atom. The zero-order valence-electron chi connectivity index (χ0n) is 16.0. The third kappa shape index (κ3) is 4.00. The van der Waals surface area contributed by atoms with Crippen molar-refractivity contribution in [1.29, 1.82) is 0 Å². The first kappa shape index (κ1) is 17.7. The molecule has 1 aliphatic heterocycles. The van der Waals surface area contributed by atoms with E-state index in [1.54, 1.807) is 0 Å². The molecule has 1 fully saturated rings. The van der Waals surface area contributed by atoms with Crippen LogP contribution in [0.3, 0.4) is 0 Å². The molecular formula is C23H26N2O2. The maximum Gasteiger partial charge on any atom is 0.260 e. The second kappa shape index (κ2) is 7.47. The molecular weight excluding hydrogens is 336 g/mol. The molecule has 0 saturated carbocycles. The van der Waals surface area contributed by atoms with Gasteiger partial charge in [0.1, 0.15) is 5.75 Å². The smallest absolute Gasteiger partial charge is 0.260 e. The molecule has 140 valence electrons. The minimum absolute atomic E-state index is 0.0623. The van der Waals surface area contributed by atoms with Crippen LogP contribution in [0.5, 0.6) is 5.75 Å². The number of hydrogen-bond acceptors (Lipinski definition) is 2. The highest BCUT2D eigenvalue weighted by atomic mass is 16.5. The lowest BCUT2D eigenvalue weighted by molar-refractivity contribution is -0.134. The van der Waals surface area contributed by atoms with Crippen molar-refractivity contribution >= 4 is 16.8 Å². The predicted octanol–water partition coefficient (Wildman–Crippen LogP) is 4.57. The number of aryl methyl sites for hydroxylation is 2. The van der Waals surface area contributed by atoms with Crippen molar-refractivity contribution in [2.45, 2.75) is 32.6 Å². The summed E-state index contributed by atoms with van der Waals surface area (Å²) in [6.07, 6.45) is 2.13. The normalized spacial score (nSPS) is 17.3.